The molecule has 0 unspecified atom stereocenters. The maximum atomic E-state index is 12.6. The van der Waals surface area contributed by atoms with Crippen LogP contribution in [0.1, 0.15) is 27.7 Å². The summed E-state index contributed by atoms with van der Waals surface area (Å²) in [5, 5.41) is 8.23. The van der Waals surface area contributed by atoms with Crippen molar-refractivity contribution in [2.75, 3.05) is 22.5 Å². The molecule has 0 saturated heterocycles. The second-order valence-corrected chi connectivity index (χ2v) is 7.13. The Hall–Kier alpha value is -2.68. The van der Waals surface area contributed by atoms with Gasteiger partial charge in [0.05, 0.1) is 0 Å². The average molecular weight is 388 g/mol. The van der Waals surface area contributed by atoms with E-state index in [9.17, 15) is 9.59 Å². The third-order valence-corrected chi connectivity index (χ3v) is 4.41. The Balaban J connectivity index is 2.22. The molecule has 27 heavy (non-hydrogen) atoms. The summed E-state index contributed by atoms with van der Waals surface area (Å²) in [6.07, 6.45) is 0. The Morgan fingerprint density at radius 2 is 1.74 bits per heavy atom. The highest BCUT2D eigenvalue weighted by atomic mass is 32.2. The number of nitrogens with one attached hydrogen (secondary N) is 3. The summed E-state index contributed by atoms with van der Waals surface area (Å²) >= 11 is 1.00. The molecule has 0 aliphatic carbocycles. The van der Waals surface area contributed by atoms with Crippen LogP contribution in [-0.4, -0.2) is 44.5 Å². The number of aromatic nitrogens is 3. The van der Waals surface area contributed by atoms with E-state index in [1.54, 1.807) is 12.1 Å². The van der Waals surface area contributed by atoms with E-state index in [0.717, 1.165) is 11.8 Å². The molecule has 0 saturated carbocycles. The predicted octanol–water partition coefficient (Wildman–Crippen LogP) is 2.81. The van der Waals surface area contributed by atoms with Gasteiger partial charge < -0.3 is 16.0 Å². The molecule has 2 aromatic rings. The van der Waals surface area contributed by atoms with Crippen LogP contribution in [0.2, 0.25) is 0 Å². The number of nitrogens with zero attached hydrogens (tertiary/aromatic N) is 3. The Morgan fingerprint density at radius 1 is 1.07 bits per heavy atom. The van der Waals surface area contributed by atoms with Gasteiger partial charge in [0.2, 0.25) is 17.8 Å². The van der Waals surface area contributed by atoms with Crippen molar-refractivity contribution in [3.8, 4) is 0 Å². The van der Waals surface area contributed by atoms with Crippen molar-refractivity contribution in [3.05, 3.63) is 30.3 Å². The van der Waals surface area contributed by atoms with Crippen molar-refractivity contribution in [2.45, 2.75) is 44.1 Å². The smallest absolute Gasteiger partial charge is 0.245 e. The fraction of sp³-hybridized carbons (Fsp3) is 0.389. The van der Waals surface area contributed by atoms with Crippen LogP contribution in [0.15, 0.2) is 35.5 Å². The average Bonchev–Trinajstić information content (AvgIpc) is 2.59. The molecule has 1 aromatic carbocycles. The molecule has 0 radical (unpaired) electrons. The van der Waals surface area contributed by atoms with Crippen molar-refractivity contribution in [3.63, 3.8) is 0 Å². The number of Topliss-reactive ketones (excluding diaryl/α,β-unsaturated/α-hetero) is 1. The summed E-state index contributed by atoms with van der Waals surface area (Å²) in [7, 11) is 0. The van der Waals surface area contributed by atoms with Crippen LogP contribution in [0.4, 0.5) is 17.6 Å². The number of anilines is 3. The lowest BCUT2D eigenvalue weighted by Gasteiger charge is -2.15. The zero-order valence-corrected chi connectivity index (χ0v) is 16.6. The number of carbonyl (C=O) groups excluding carboxylic acids is 2. The monoisotopic (exact) mass is 388 g/mol. The van der Waals surface area contributed by atoms with E-state index in [2.05, 4.69) is 30.9 Å². The molecule has 2 rings (SSSR count). The zero-order valence-electron chi connectivity index (χ0n) is 15.8. The van der Waals surface area contributed by atoms with Crippen molar-refractivity contribution in [1.29, 1.82) is 0 Å². The molecule has 1 heterocycles. The van der Waals surface area contributed by atoms with Gasteiger partial charge in [-0.05, 0) is 39.8 Å². The Bertz CT molecular complexity index is 785. The molecule has 9 heteroatoms. The van der Waals surface area contributed by atoms with Gasteiger partial charge in [-0.15, -0.1) is 0 Å². The molecule has 0 aliphatic rings. The van der Waals surface area contributed by atoms with Gasteiger partial charge in [0, 0.05) is 18.3 Å². The molecule has 1 atom stereocenters. The van der Waals surface area contributed by atoms with Crippen LogP contribution in [0.25, 0.3) is 0 Å². The van der Waals surface area contributed by atoms with Gasteiger partial charge in [-0.25, -0.2) is 0 Å². The molecule has 1 amide bonds. The lowest BCUT2D eigenvalue weighted by Crippen LogP contribution is -2.31. The largest absolute Gasteiger partial charge is 0.354 e. The first-order chi connectivity index (χ1) is 12.9. The molecule has 0 fully saturated rings. The normalized spacial score (nSPS) is 11.7. The van der Waals surface area contributed by atoms with Crippen LogP contribution in [0, 0.1) is 0 Å². The van der Waals surface area contributed by atoms with E-state index in [4.69, 9.17) is 0 Å². The number of benzene rings is 1. The molecule has 1 aromatic heterocycles. The van der Waals surface area contributed by atoms with E-state index < -0.39 is 11.2 Å². The number of carbonyl (C=O) groups is 2. The fourth-order valence-corrected chi connectivity index (χ4v) is 2.95. The summed E-state index contributed by atoms with van der Waals surface area (Å²) in [6.45, 7) is 7.88. The van der Waals surface area contributed by atoms with Crippen LogP contribution >= 0.6 is 11.8 Å². The van der Waals surface area contributed by atoms with Gasteiger partial charge in [0.1, 0.15) is 5.25 Å². The highest BCUT2D eigenvalue weighted by Gasteiger charge is 2.26. The van der Waals surface area contributed by atoms with Gasteiger partial charge in [0.25, 0.3) is 0 Å². The number of thioether (sulfide) groups is 1. The molecule has 0 bridgehead atoms. The van der Waals surface area contributed by atoms with Crippen molar-refractivity contribution >= 4 is 41.0 Å². The van der Waals surface area contributed by atoms with Crippen molar-refractivity contribution in [1.82, 2.24) is 15.0 Å². The molecule has 3 N–H and O–H groups in total. The number of hydrogen-bond acceptors (Lipinski definition) is 8. The minimum atomic E-state index is -0.964. The SMILES string of the molecule is CCNc1nc(NC(C)C)nc(S[C@@H](C(C)=O)C(=O)Nc2ccccc2)n1. The van der Waals surface area contributed by atoms with Gasteiger partial charge in [-0.1, -0.05) is 30.0 Å². The molecular formula is C18H24N6O2S. The topological polar surface area (TPSA) is 109 Å². The maximum Gasteiger partial charge on any atom is 0.245 e. The molecule has 144 valence electrons. The first-order valence-corrected chi connectivity index (χ1v) is 9.56. The summed E-state index contributed by atoms with van der Waals surface area (Å²) in [4.78, 5) is 37.6. The second-order valence-electron chi connectivity index (χ2n) is 6.06. The Labute approximate surface area is 163 Å². The lowest BCUT2D eigenvalue weighted by atomic mass is 10.2. The van der Waals surface area contributed by atoms with Crippen molar-refractivity contribution in [2.24, 2.45) is 0 Å². The number of ketones is 1. The first-order valence-electron chi connectivity index (χ1n) is 8.68. The van der Waals surface area contributed by atoms with E-state index in [0.29, 0.717) is 29.3 Å². The summed E-state index contributed by atoms with van der Waals surface area (Å²) in [6, 6.07) is 9.12. The van der Waals surface area contributed by atoms with E-state index in [1.165, 1.54) is 6.92 Å². The van der Waals surface area contributed by atoms with Gasteiger partial charge >= 0.3 is 0 Å². The van der Waals surface area contributed by atoms with Crippen LogP contribution in [-0.2, 0) is 9.59 Å². The van der Waals surface area contributed by atoms with E-state index in [-0.39, 0.29) is 11.8 Å². The molecule has 8 nitrogen and oxygen atoms in total. The van der Waals surface area contributed by atoms with Crippen molar-refractivity contribution < 1.29 is 9.59 Å². The predicted molar refractivity (Wildman–Crippen MR) is 108 cm³/mol. The lowest BCUT2D eigenvalue weighted by molar-refractivity contribution is -0.123. The molecule has 0 spiro atoms. The van der Waals surface area contributed by atoms with Gasteiger partial charge in [-0.3, -0.25) is 9.59 Å². The van der Waals surface area contributed by atoms with E-state index >= 15 is 0 Å². The second kappa shape index (κ2) is 9.86. The third-order valence-electron chi connectivity index (χ3n) is 3.24. The highest BCUT2D eigenvalue weighted by Crippen LogP contribution is 2.24. The Kier molecular flexibility index (Phi) is 7.54. The first kappa shape index (κ1) is 20.6. The maximum absolute atomic E-state index is 12.6. The molecule has 0 aliphatic heterocycles. The number of hydrogen-bond donors (Lipinski definition) is 3. The van der Waals surface area contributed by atoms with Gasteiger partial charge in [-0.2, -0.15) is 15.0 Å². The third kappa shape index (κ3) is 6.52. The quantitative estimate of drug-likeness (QED) is 0.444. The summed E-state index contributed by atoms with van der Waals surface area (Å²) in [5.41, 5.74) is 0.625. The van der Waals surface area contributed by atoms with Crippen LogP contribution in [0.5, 0.6) is 0 Å². The minimum absolute atomic E-state index is 0.129. The van der Waals surface area contributed by atoms with Crippen LogP contribution < -0.4 is 16.0 Å². The van der Waals surface area contributed by atoms with E-state index in [1.807, 2.05) is 39.0 Å². The fourth-order valence-electron chi connectivity index (χ4n) is 2.12. The number of rotatable bonds is 9. The summed E-state index contributed by atoms with van der Waals surface area (Å²) in [5.74, 6) is 0.0906. The highest BCUT2D eigenvalue weighted by molar-refractivity contribution is 8.01. The van der Waals surface area contributed by atoms with Crippen LogP contribution in [0.3, 0.4) is 0 Å². The molecular weight excluding hydrogens is 364 g/mol. The minimum Gasteiger partial charge on any atom is -0.354 e. The Morgan fingerprint density at radius 3 is 2.33 bits per heavy atom. The number of amides is 1. The van der Waals surface area contributed by atoms with Gasteiger partial charge in [0.15, 0.2) is 10.9 Å². The standard InChI is InChI=1S/C18H24N6O2S/c1-5-19-16-22-17(20-11(2)3)24-18(23-16)27-14(12(4)25)15(26)21-13-9-7-6-8-10-13/h6-11,14H,5H2,1-4H3,(H,21,26)(H2,19,20,22,23,24)/t14-/m0/s1. The zero-order chi connectivity index (χ0) is 19.8. The summed E-state index contributed by atoms with van der Waals surface area (Å²) < 4.78 is 0. The number of para-hydroxylation sites is 1.